The summed E-state index contributed by atoms with van der Waals surface area (Å²) in [6.45, 7) is 4.43. The lowest BCUT2D eigenvalue weighted by molar-refractivity contribution is -0.897. The zero-order chi connectivity index (χ0) is 21.2. The van der Waals surface area contributed by atoms with Crippen molar-refractivity contribution in [3.05, 3.63) is 35.4 Å². The third-order valence-electron chi connectivity index (χ3n) is 6.23. The van der Waals surface area contributed by atoms with Crippen LogP contribution in [0.3, 0.4) is 0 Å². The monoisotopic (exact) mass is 390 g/mol. The van der Waals surface area contributed by atoms with Crippen LogP contribution < -0.4 is 14.4 Å². The highest BCUT2D eigenvalue weighted by Gasteiger charge is 2.59. The van der Waals surface area contributed by atoms with Crippen LogP contribution in [0.25, 0.3) is 0 Å². The molecule has 1 saturated carbocycles. The third kappa shape index (κ3) is 3.03. The first-order valence-electron chi connectivity index (χ1n) is 9.57. The van der Waals surface area contributed by atoms with Crippen molar-refractivity contribution in [2.45, 2.75) is 12.8 Å². The first-order valence-corrected chi connectivity index (χ1v) is 9.57. The smallest absolute Gasteiger partial charge is 0.190 e. The molecule has 7 heteroatoms. The molecular formula is C22H24N5O2+. The van der Waals surface area contributed by atoms with Gasteiger partial charge in [-0.2, -0.15) is 15.8 Å². The van der Waals surface area contributed by atoms with Crippen LogP contribution in [0.15, 0.2) is 29.8 Å². The summed E-state index contributed by atoms with van der Waals surface area (Å²) >= 11 is 0. The van der Waals surface area contributed by atoms with Crippen molar-refractivity contribution in [2.24, 2.45) is 17.3 Å². The lowest BCUT2D eigenvalue weighted by atomic mass is 9.54. The largest absolute Gasteiger partial charge is 0.497 e. The minimum absolute atomic E-state index is 0.151. The fraction of sp³-hybridized carbons (Fsp3) is 0.455. The van der Waals surface area contributed by atoms with Crippen LogP contribution in [0, 0.1) is 56.7 Å². The Morgan fingerprint density at radius 3 is 2.48 bits per heavy atom. The Balaban J connectivity index is 2.32. The molecule has 29 heavy (non-hydrogen) atoms. The second-order valence-electron chi connectivity index (χ2n) is 7.42. The summed E-state index contributed by atoms with van der Waals surface area (Å²) in [5.74, 6) is -0.589. The molecule has 1 aliphatic carbocycles. The molecule has 4 atom stereocenters. The molecule has 2 aliphatic rings. The maximum atomic E-state index is 10.1. The van der Waals surface area contributed by atoms with Crippen molar-refractivity contribution in [1.82, 2.24) is 0 Å². The number of nitrogens with one attached hydrogen (secondary N) is 2. The Bertz CT molecular complexity index is 964. The quantitative estimate of drug-likeness (QED) is 0.755. The van der Waals surface area contributed by atoms with E-state index in [1.54, 1.807) is 32.4 Å². The number of hydrogen-bond donors (Lipinski definition) is 2. The van der Waals surface area contributed by atoms with Crippen molar-refractivity contribution in [2.75, 3.05) is 33.9 Å². The van der Waals surface area contributed by atoms with Crippen molar-refractivity contribution in [3.8, 4) is 29.7 Å². The van der Waals surface area contributed by atoms with Gasteiger partial charge in [0, 0.05) is 17.4 Å². The maximum Gasteiger partial charge on any atom is 0.190 e. The number of hydrogen-bond acceptors (Lipinski definition) is 6. The zero-order valence-corrected chi connectivity index (χ0v) is 16.8. The molecule has 3 rings (SSSR count). The van der Waals surface area contributed by atoms with E-state index in [4.69, 9.17) is 14.9 Å². The summed E-state index contributed by atoms with van der Waals surface area (Å²) in [7, 11) is 3.09. The number of likely N-dealkylation sites (N-methyl/N-ethyl adjacent to an activating group) is 1. The Morgan fingerprint density at radius 1 is 1.21 bits per heavy atom. The van der Waals surface area contributed by atoms with Crippen LogP contribution in [-0.2, 0) is 0 Å². The molecule has 1 aromatic carbocycles. The number of methoxy groups -OCH3 is 2. The highest BCUT2D eigenvalue weighted by molar-refractivity contribution is 6.01. The van der Waals surface area contributed by atoms with E-state index in [1.165, 1.54) is 4.90 Å². The molecule has 0 radical (unpaired) electrons. The highest BCUT2D eigenvalue weighted by Crippen LogP contribution is 2.54. The van der Waals surface area contributed by atoms with Gasteiger partial charge in [0.1, 0.15) is 17.4 Å². The van der Waals surface area contributed by atoms with Gasteiger partial charge in [-0.1, -0.05) is 0 Å². The lowest BCUT2D eigenvalue weighted by Crippen LogP contribution is -3.13. The van der Waals surface area contributed by atoms with Gasteiger partial charge in [-0.15, -0.1) is 0 Å². The van der Waals surface area contributed by atoms with Gasteiger partial charge in [-0.25, -0.2) is 0 Å². The van der Waals surface area contributed by atoms with Gasteiger partial charge in [-0.3, -0.25) is 0 Å². The van der Waals surface area contributed by atoms with Crippen molar-refractivity contribution in [1.29, 1.82) is 21.2 Å². The Morgan fingerprint density at radius 2 is 1.93 bits per heavy atom. The van der Waals surface area contributed by atoms with E-state index in [0.717, 1.165) is 18.7 Å². The molecule has 7 nitrogen and oxygen atoms in total. The number of ether oxygens (including phenoxy) is 2. The minimum atomic E-state index is -1.75. The number of nitrogens with zero attached hydrogens (tertiary/aromatic N) is 3. The van der Waals surface area contributed by atoms with E-state index < -0.39 is 17.3 Å². The summed E-state index contributed by atoms with van der Waals surface area (Å²) in [4.78, 5) is 1.31. The van der Waals surface area contributed by atoms with Crippen LogP contribution in [0.4, 0.5) is 0 Å². The molecule has 1 fully saturated rings. The molecule has 148 valence electrons. The fourth-order valence-corrected chi connectivity index (χ4v) is 4.68. The predicted molar refractivity (Wildman–Crippen MR) is 106 cm³/mol. The third-order valence-corrected chi connectivity index (χ3v) is 6.23. The van der Waals surface area contributed by atoms with Gasteiger partial charge in [-0.05, 0) is 36.8 Å². The summed E-state index contributed by atoms with van der Waals surface area (Å²) in [6, 6.07) is 11.7. The van der Waals surface area contributed by atoms with Gasteiger partial charge in [0.2, 0.25) is 0 Å². The van der Waals surface area contributed by atoms with Crippen molar-refractivity contribution >= 4 is 5.71 Å². The molecule has 0 saturated heterocycles. The van der Waals surface area contributed by atoms with Crippen LogP contribution >= 0.6 is 0 Å². The van der Waals surface area contributed by atoms with Crippen LogP contribution in [-0.4, -0.2) is 39.6 Å². The maximum absolute atomic E-state index is 10.1. The Hall–Kier alpha value is -3.34. The van der Waals surface area contributed by atoms with Crippen LogP contribution in [0.1, 0.15) is 18.4 Å². The molecule has 1 aliphatic heterocycles. The second kappa shape index (κ2) is 7.95. The predicted octanol–water partition coefficient (Wildman–Crippen LogP) is 1.46. The molecule has 1 heterocycles. The second-order valence-corrected chi connectivity index (χ2v) is 7.42. The molecule has 0 aromatic heterocycles. The number of benzene rings is 1. The summed E-state index contributed by atoms with van der Waals surface area (Å²) in [6.07, 6.45) is 2.02. The van der Waals surface area contributed by atoms with E-state index in [1.807, 2.05) is 6.08 Å². The highest BCUT2D eigenvalue weighted by atomic mass is 16.5. The number of rotatable bonds is 4. The summed E-state index contributed by atoms with van der Waals surface area (Å²) in [5.41, 5.74) is -0.407. The Labute approximate surface area is 170 Å². The van der Waals surface area contributed by atoms with E-state index in [0.29, 0.717) is 23.6 Å². The van der Waals surface area contributed by atoms with Crippen LogP contribution in [0.2, 0.25) is 0 Å². The van der Waals surface area contributed by atoms with Gasteiger partial charge >= 0.3 is 0 Å². The molecule has 0 spiro atoms. The van der Waals surface area contributed by atoms with Gasteiger partial charge < -0.3 is 19.8 Å². The van der Waals surface area contributed by atoms with E-state index in [-0.39, 0.29) is 11.6 Å². The molecular weight excluding hydrogens is 366 g/mol. The average molecular weight is 390 g/mol. The van der Waals surface area contributed by atoms with Crippen molar-refractivity contribution < 1.29 is 14.4 Å². The topological polar surface area (TPSA) is 118 Å². The number of fused-ring (bicyclic) bond motifs is 1. The minimum Gasteiger partial charge on any atom is -0.497 e. The molecule has 1 aromatic rings. The average Bonchev–Trinajstić information content (AvgIpc) is 2.77. The normalized spacial score (nSPS) is 27.4. The summed E-state index contributed by atoms with van der Waals surface area (Å²) in [5, 5.41) is 38.8. The fourth-order valence-electron chi connectivity index (χ4n) is 4.68. The SMILES string of the molecule is CC[NH+]1CC=C2C(C#N)C(=N)C(C#N)(C#N)[C@H](c3cc(OC)ccc3OC)[C@H]2C1. The molecule has 0 bridgehead atoms. The van der Waals surface area contributed by atoms with E-state index in [9.17, 15) is 15.8 Å². The molecule has 0 amide bonds. The number of nitriles is 3. The van der Waals surface area contributed by atoms with E-state index in [2.05, 4.69) is 25.1 Å². The van der Waals surface area contributed by atoms with E-state index >= 15 is 0 Å². The van der Waals surface area contributed by atoms with Gasteiger partial charge in [0.05, 0.1) is 57.8 Å². The number of quaternary nitrogens is 1. The summed E-state index contributed by atoms with van der Waals surface area (Å²) < 4.78 is 10.9. The standard InChI is InChI=1S/C22H23N5O2/c1-4-27-8-7-15-17(10-23)21(26)22(12-24,13-25)20(18(15)11-27)16-9-14(28-2)5-6-19(16)29-3/h5-7,9,17-18,20,26H,4,8,11H2,1-3H3/p+1/t17?,18-,20+/m0/s1. The van der Waals surface area contributed by atoms with Crippen molar-refractivity contribution in [3.63, 3.8) is 0 Å². The van der Waals surface area contributed by atoms with Gasteiger partial charge in [0.25, 0.3) is 0 Å². The first-order chi connectivity index (χ1) is 14.0. The molecule has 2 unspecified atom stereocenters. The molecule has 2 N–H and O–H groups in total. The lowest BCUT2D eigenvalue weighted by Gasteiger charge is -2.46. The van der Waals surface area contributed by atoms with Gasteiger partial charge in [0.15, 0.2) is 5.41 Å². The first kappa shape index (κ1) is 20.4. The zero-order valence-electron chi connectivity index (χ0n) is 16.8. The van der Waals surface area contributed by atoms with Crippen LogP contribution in [0.5, 0.6) is 11.5 Å². The Kier molecular flexibility index (Phi) is 5.59.